The lowest BCUT2D eigenvalue weighted by Crippen LogP contribution is -2.28. The Kier molecular flexibility index (Phi) is 3.84. The van der Waals surface area contributed by atoms with Crippen LogP contribution in [-0.2, 0) is 6.54 Å². The Balaban J connectivity index is 2.36. The molecule has 0 bridgehead atoms. The SMILES string of the molecule is NCc1cc(N)cn(C2CCCCCC2)c1=O. The van der Waals surface area contributed by atoms with Gasteiger partial charge in [0.1, 0.15) is 0 Å². The maximum atomic E-state index is 12.2. The van der Waals surface area contributed by atoms with Gasteiger partial charge in [0.15, 0.2) is 0 Å². The van der Waals surface area contributed by atoms with Gasteiger partial charge in [-0.15, -0.1) is 0 Å². The van der Waals surface area contributed by atoms with E-state index in [-0.39, 0.29) is 12.1 Å². The summed E-state index contributed by atoms with van der Waals surface area (Å²) in [6.07, 6.45) is 8.88. The van der Waals surface area contributed by atoms with E-state index in [4.69, 9.17) is 11.5 Å². The molecular formula is C13H21N3O. The van der Waals surface area contributed by atoms with Crippen molar-refractivity contribution in [2.75, 3.05) is 5.73 Å². The number of anilines is 1. The first kappa shape index (κ1) is 12.2. The smallest absolute Gasteiger partial charge is 0.255 e. The van der Waals surface area contributed by atoms with E-state index in [1.807, 2.05) is 4.57 Å². The monoisotopic (exact) mass is 235 g/mol. The third kappa shape index (κ3) is 2.69. The van der Waals surface area contributed by atoms with Crippen molar-refractivity contribution in [3.8, 4) is 0 Å². The van der Waals surface area contributed by atoms with Gasteiger partial charge in [-0.1, -0.05) is 25.7 Å². The zero-order chi connectivity index (χ0) is 12.3. The van der Waals surface area contributed by atoms with Gasteiger partial charge in [0.2, 0.25) is 0 Å². The second kappa shape index (κ2) is 5.36. The van der Waals surface area contributed by atoms with Crippen molar-refractivity contribution < 1.29 is 0 Å². The molecule has 1 aromatic heterocycles. The van der Waals surface area contributed by atoms with Crippen molar-refractivity contribution >= 4 is 5.69 Å². The van der Waals surface area contributed by atoms with Crippen LogP contribution >= 0.6 is 0 Å². The van der Waals surface area contributed by atoms with E-state index in [1.54, 1.807) is 12.3 Å². The number of nitrogens with two attached hydrogens (primary N) is 2. The van der Waals surface area contributed by atoms with Crippen LogP contribution in [0.3, 0.4) is 0 Å². The Bertz CT molecular complexity index is 431. The predicted octanol–water partition coefficient (Wildman–Crippen LogP) is 1.78. The van der Waals surface area contributed by atoms with Gasteiger partial charge in [0, 0.05) is 30.0 Å². The van der Waals surface area contributed by atoms with Gasteiger partial charge in [-0.25, -0.2) is 0 Å². The lowest BCUT2D eigenvalue weighted by molar-refractivity contribution is 0.431. The van der Waals surface area contributed by atoms with Crippen LogP contribution in [0, 0.1) is 0 Å². The Morgan fingerprint density at radius 1 is 1.24 bits per heavy atom. The maximum Gasteiger partial charge on any atom is 0.255 e. The molecule has 2 rings (SSSR count). The summed E-state index contributed by atoms with van der Waals surface area (Å²) < 4.78 is 1.81. The molecule has 4 nitrogen and oxygen atoms in total. The van der Waals surface area contributed by atoms with Gasteiger partial charge < -0.3 is 16.0 Å². The van der Waals surface area contributed by atoms with Crippen molar-refractivity contribution in [2.45, 2.75) is 51.1 Å². The summed E-state index contributed by atoms with van der Waals surface area (Å²) in [4.78, 5) is 12.2. The Morgan fingerprint density at radius 3 is 2.47 bits per heavy atom. The molecule has 1 aliphatic carbocycles. The minimum absolute atomic E-state index is 0.0357. The summed E-state index contributed by atoms with van der Waals surface area (Å²) in [6, 6.07) is 1.99. The van der Waals surface area contributed by atoms with Crippen LogP contribution in [0.1, 0.15) is 50.1 Å². The molecule has 0 atom stereocenters. The van der Waals surface area contributed by atoms with Crippen molar-refractivity contribution in [3.63, 3.8) is 0 Å². The van der Waals surface area contributed by atoms with Crippen molar-refractivity contribution in [1.29, 1.82) is 0 Å². The lowest BCUT2D eigenvalue weighted by atomic mass is 10.1. The Hall–Kier alpha value is -1.29. The number of pyridine rings is 1. The zero-order valence-electron chi connectivity index (χ0n) is 10.2. The molecule has 0 saturated heterocycles. The second-order valence-corrected chi connectivity index (χ2v) is 4.86. The summed E-state index contributed by atoms with van der Waals surface area (Å²) >= 11 is 0. The molecule has 0 amide bonds. The second-order valence-electron chi connectivity index (χ2n) is 4.86. The first-order valence-electron chi connectivity index (χ1n) is 6.43. The van der Waals surface area contributed by atoms with Crippen LogP contribution in [0.2, 0.25) is 0 Å². The first-order chi connectivity index (χ1) is 8.22. The summed E-state index contributed by atoms with van der Waals surface area (Å²) in [5.41, 5.74) is 12.7. The molecule has 0 aromatic carbocycles. The molecule has 4 N–H and O–H groups in total. The molecule has 94 valence electrons. The average molecular weight is 235 g/mol. The number of nitrogens with zero attached hydrogens (tertiary/aromatic N) is 1. The van der Waals surface area contributed by atoms with E-state index in [9.17, 15) is 4.79 Å². The van der Waals surface area contributed by atoms with Gasteiger partial charge in [-0.2, -0.15) is 0 Å². The normalized spacial score (nSPS) is 17.9. The maximum absolute atomic E-state index is 12.2. The van der Waals surface area contributed by atoms with Crippen LogP contribution in [0.4, 0.5) is 5.69 Å². The van der Waals surface area contributed by atoms with Gasteiger partial charge in [0.05, 0.1) is 0 Å². The topological polar surface area (TPSA) is 74.0 Å². The molecule has 0 spiro atoms. The summed E-state index contributed by atoms with van der Waals surface area (Å²) in [7, 11) is 0. The molecule has 17 heavy (non-hydrogen) atoms. The Labute approximate surface area is 102 Å². The van der Waals surface area contributed by atoms with Crippen LogP contribution in [-0.4, -0.2) is 4.57 Å². The molecular weight excluding hydrogens is 214 g/mol. The van der Waals surface area contributed by atoms with Gasteiger partial charge in [-0.3, -0.25) is 4.79 Å². The Morgan fingerprint density at radius 2 is 1.88 bits per heavy atom. The summed E-state index contributed by atoms with van der Waals surface area (Å²) in [5.74, 6) is 0. The number of aromatic nitrogens is 1. The standard InChI is InChI=1S/C13H21N3O/c14-8-10-7-11(15)9-16(13(10)17)12-5-3-1-2-4-6-12/h7,9,12H,1-6,8,14-15H2. The first-order valence-corrected chi connectivity index (χ1v) is 6.43. The van der Waals surface area contributed by atoms with Gasteiger partial charge in [0.25, 0.3) is 5.56 Å². The molecule has 0 aliphatic heterocycles. The minimum Gasteiger partial charge on any atom is -0.398 e. The van der Waals surface area contributed by atoms with E-state index < -0.39 is 0 Å². The minimum atomic E-state index is 0.0357. The van der Waals surface area contributed by atoms with Crippen LogP contribution in [0.25, 0.3) is 0 Å². The van der Waals surface area contributed by atoms with E-state index in [1.165, 1.54) is 25.7 Å². The highest BCUT2D eigenvalue weighted by molar-refractivity contribution is 5.38. The van der Waals surface area contributed by atoms with Gasteiger partial charge in [-0.05, 0) is 18.9 Å². The van der Waals surface area contributed by atoms with Crippen molar-refractivity contribution in [2.24, 2.45) is 5.73 Å². The fourth-order valence-electron chi connectivity index (χ4n) is 2.64. The molecule has 0 unspecified atom stereocenters. The molecule has 4 heteroatoms. The largest absolute Gasteiger partial charge is 0.398 e. The number of rotatable bonds is 2. The van der Waals surface area contributed by atoms with E-state index in [2.05, 4.69) is 0 Å². The van der Waals surface area contributed by atoms with E-state index in [0.29, 0.717) is 17.3 Å². The molecule has 0 radical (unpaired) electrons. The fraction of sp³-hybridized carbons (Fsp3) is 0.615. The van der Waals surface area contributed by atoms with E-state index >= 15 is 0 Å². The lowest BCUT2D eigenvalue weighted by Gasteiger charge is -2.19. The molecule has 1 aliphatic rings. The van der Waals surface area contributed by atoms with Gasteiger partial charge >= 0.3 is 0 Å². The highest BCUT2D eigenvalue weighted by atomic mass is 16.1. The molecule has 1 fully saturated rings. The summed E-state index contributed by atoms with van der Waals surface area (Å²) in [6.45, 7) is 0.261. The van der Waals surface area contributed by atoms with Crippen LogP contribution < -0.4 is 17.0 Å². The number of nitrogen functional groups attached to an aromatic ring is 1. The molecule has 1 saturated carbocycles. The third-order valence-electron chi connectivity index (χ3n) is 3.58. The van der Waals surface area contributed by atoms with Crippen molar-refractivity contribution in [1.82, 2.24) is 4.57 Å². The van der Waals surface area contributed by atoms with Crippen LogP contribution in [0.5, 0.6) is 0 Å². The molecule has 1 aromatic rings. The predicted molar refractivity (Wildman–Crippen MR) is 69.7 cm³/mol. The number of hydrogen-bond acceptors (Lipinski definition) is 3. The van der Waals surface area contributed by atoms with Crippen LogP contribution in [0.15, 0.2) is 17.1 Å². The zero-order valence-corrected chi connectivity index (χ0v) is 10.2. The fourth-order valence-corrected chi connectivity index (χ4v) is 2.64. The average Bonchev–Trinajstić information content (AvgIpc) is 2.60. The highest BCUT2D eigenvalue weighted by Gasteiger charge is 2.16. The third-order valence-corrected chi connectivity index (χ3v) is 3.58. The highest BCUT2D eigenvalue weighted by Crippen LogP contribution is 2.26. The molecule has 1 heterocycles. The number of hydrogen-bond donors (Lipinski definition) is 2. The quantitative estimate of drug-likeness (QED) is 0.767. The van der Waals surface area contributed by atoms with Crippen molar-refractivity contribution in [3.05, 3.63) is 28.2 Å². The summed E-state index contributed by atoms with van der Waals surface area (Å²) in [5, 5.41) is 0. The van der Waals surface area contributed by atoms with E-state index in [0.717, 1.165) is 12.8 Å².